The largest absolute Gasteiger partial charge is 0.298 e. The standard InChI is InChI=1S/C12H8ClNOS/c13-10-4-5-11(9(7-10)8-15)16-12-3-1-2-6-14-12/h1-8H. The number of hydrogen-bond donors (Lipinski definition) is 0. The maximum Gasteiger partial charge on any atom is 0.151 e. The van der Waals surface area contributed by atoms with Gasteiger partial charge in [0.1, 0.15) is 5.03 Å². The Hall–Kier alpha value is -1.32. The number of benzene rings is 1. The highest BCUT2D eigenvalue weighted by molar-refractivity contribution is 7.99. The zero-order chi connectivity index (χ0) is 11.4. The van der Waals surface area contributed by atoms with Crippen molar-refractivity contribution in [1.29, 1.82) is 0 Å². The van der Waals surface area contributed by atoms with Crippen LogP contribution in [0.1, 0.15) is 10.4 Å². The minimum atomic E-state index is 0.562. The van der Waals surface area contributed by atoms with E-state index in [9.17, 15) is 4.79 Å². The molecule has 0 N–H and O–H groups in total. The number of aromatic nitrogens is 1. The van der Waals surface area contributed by atoms with E-state index in [1.807, 2.05) is 24.3 Å². The van der Waals surface area contributed by atoms with Crippen molar-refractivity contribution in [2.24, 2.45) is 0 Å². The number of pyridine rings is 1. The van der Waals surface area contributed by atoms with Crippen LogP contribution in [0.4, 0.5) is 0 Å². The van der Waals surface area contributed by atoms with E-state index in [2.05, 4.69) is 4.98 Å². The maximum absolute atomic E-state index is 10.9. The third-order valence-corrected chi connectivity index (χ3v) is 3.23. The van der Waals surface area contributed by atoms with E-state index in [1.54, 1.807) is 18.3 Å². The molecule has 80 valence electrons. The predicted octanol–water partition coefficient (Wildman–Crippen LogP) is 3.70. The fourth-order valence-electron chi connectivity index (χ4n) is 1.22. The second-order valence-corrected chi connectivity index (χ2v) is 4.57. The molecule has 4 heteroatoms. The molecule has 0 saturated heterocycles. The third-order valence-electron chi connectivity index (χ3n) is 1.95. The molecule has 0 saturated carbocycles. The molecule has 0 spiro atoms. The maximum atomic E-state index is 10.9. The van der Waals surface area contributed by atoms with Gasteiger partial charge in [-0.05, 0) is 30.3 Å². The first-order valence-corrected chi connectivity index (χ1v) is 5.82. The van der Waals surface area contributed by atoms with E-state index >= 15 is 0 Å². The monoisotopic (exact) mass is 249 g/mol. The van der Waals surface area contributed by atoms with Gasteiger partial charge in [0.05, 0.1) is 0 Å². The summed E-state index contributed by atoms with van der Waals surface area (Å²) in [5, 5.41) is 1.42. The van der Waals surface area contributed by atoms with Gasteiger partial charge in [0, 0.05) is 21.7 Å². The molecule has 0 amide bonds. The second-order valence-electron chi connectivity index (χ2n) is 3.07. The van der Waals surface area contributed by atoms with Crippen LogP contribution in [0.5, 0.6) is 0 Å². The highest BCUT2D eigenvalue weighted by Crippen LogP contribution is 2.29. The molecule has 1 aromatic heterocycles. The van der Waals surface area contributed by atoms with Gasteiger partial charge in [-0.15, -0.1) is 0 Å². The van der Waals surface area contributed by atoms with E-state index in [4.69, 9.17) is 11.6 Å². The Labute approximate surface area is 103 Å². The Morgan fingerprint density at radius 3 is 2.81 bits per heavy atom. The van der Waals surface area contributed by atoms with Gasteiger partial charge in [0.25, 0.3) is 0 Å². The number of rotatable bonds is 3. The summed E-state index contributed by atoms with van der Waals surface area (Å²) in [6.45, 7) is 0. The van der Waals surface area contributed by atoms with Crippen LogP contribution in [-0.4, -0.2) is 11.3 Å². The highest BCUT2D eigenvalue weighted by atomic mass is 35.5. The van der Waals surface area contributed by atoms with E-state index < -0.39 is 0 Å². The molecule has 16 heavy (non-hydrogen) atoms. The Kier molecular flexibility index (Phi) is 3.59. The molecule has 2 aromatic rings. The lowest BCUT2D eigenvalue weighted by Crippen LogP contribution is -1.86. The first-order valence-electron chi connectivity index (χ1n) is 4.63. The van der Waals surface area contributed by atoms with Crippen LogP contribution in [0.3, 0.4) is 0 Å². The summed E-state index contributed by atoms with van der Waals surface area (Å²) < 4.78 is 0. The van der Waals surface area contributed by atoms with Gasteiger partial charge in [-0.25, -0.2) is 4.98 Å². The first-order chi connectivity index (χ1) is 7.79. The first kappa shape index (κ1) is 11.2. The normalized spacial score (nSPS) is 10.1. The van der Waals surface area contributed by atoms with E-state index in [1.165, 1.54) is 11.8 Å². The Morgan fingerprint density at radius 1 is 1.25 bits per heavy atom. The van der Waals surface area contributed by atoms with Gasteiger partial charge in [0.2, 0.25) is 0 Å². The minimum Gasteiger partial charge on any atom is -0.298 e. The molecule has 0 fully saturated rings. The summed E-state index contributed by atoms with van der Waals surface area (Å²) in [7, 11) is 0. The van der Waals surface area contributed by atoms with E-state index in [0.29, 0.717) is 10.6 Å². The molecule has 2 rings (SSSR count). The summed E-state index contributed by atoms with van der Waals surface area (Å²) in [6, 6.07) is 10.9. The van der Waals surface area contributed by atoms with Gasteiger partial charge in [-0.2, -0.15) is 0 Å². The molecular weight excluding hydrogens is 242 g/mol. The number of halogens is 1. The van der Waals surface area contributed by atoms with Crippen LogP contribution in [0.15, 0.2) is 52.5 Å². The minimum absolute atomic E-state index is 0.562. The summed E-state index contributed by atoms with van der Waals surface area (Å²) in [6.07, 6.45) is 2.52. The Bertz CT molecular complexity index is 502. The lowest BCUT2D eigenvalue weighted by Gasteiger charge is -2.03. The van der Waals surface area contributed by atoms with Crippen LogP contribution in [0, 0.1) is 0 Å². The molecule has 1 heterocycles. The third kappa shape index (κ3) is 2.62. The van der Waals surface area contributed by atoms with Crippen molar-refractivity contribution in [3.05, 3.63) is 53.2 Å². The van der Waals surface area contributed by atoms with Crippen LogP contribution >= 0.6 is 23.4 Å². The lowest BCUT2D eigenvalue weighted by atomic mass is 10.2. The van der Waals surface area contributed by atoms with Crippen LogP contribution < -0.4 is 0 Å². The van der Waals surface area contributed by atoms with Crippen molar-refractivity contribution in [3.8, 4) is 0 Å². The number of nitrogens with zero attached hydrogens (tertiary/aromatic N) is 1. The summed E-state index contributed by atoms with van der Waals surface area (Å²) in [5.41, 5.74) is 0.586. The molecule has 0 atom stereocenters. The molecule has 0 aliphatic heterocycles. The zero-order valence-electron chi connectivity index (χ0n) is 8.26. The predicted molar refractivity (Wildman–Crippen MR) is 65.2 cm³/mol. The fourth-order valence-corrected chi connectivity index (χ4v) is 2.25. The zero-order valence-corrected chi connectivity index (χ0v) is 9.83. The van der Waals surface area contributed by atoms with Gasteiger partial charge in [0.15, 0.2) is 6.29 Å². The summed E-state index contributed by atoms with van der Waals surface area (Å²) >= 11 is 7.26. The lowest BCUT2D eigenvalue weighted by molar-refractivity contribution is 0.112. The van der Waals surface area contributed by atoms with Crippen LogP contribution in [0.2, 0.25) is 5.02 Å². The van der Waals surface area contributed by atoms with Crippen molar-refractivity contribution in [1.82, 2.24) is 4.98 Å². The molecule has 1 aromatic carbocycles. The highest BCUT2D eigenvalue weighted by Gasteiger charge is 2.05. The van der Waals surface area contributed by atoms with Gasteiger partial charge in [-0.3, -0.25) is 4.79 Å². The average molecular weight is 250 g/mol. The molecule has 0 radical (unpaired) electrons. The van der Waals surface area contributed by atoms with Crippen LogP contribution in [-0.2, 0) is 0 Å². The van der Waals surface area contributed by atoms with Crippen molar-refractivity contribution < 1.29 is 4.79 Å². The van der Waals surface area contributed by atoms with Gasteiger partial charge in [-0.1, -0.05) is 29.4 Å². The quantitative estimate of drug-likeness (QED) is 0.777. The second kappa shape index (κ2) is 5.14. The van der Waals surface area contributed by atoms with Crippen molar-refractivity contribution in [2.45, 2.75) is 9.92 Å². The summed E-state index contributed by atoms with van der Waals surface area (Å²) in [4.78, 5) is 15.9. The topological polar surface area (TPSA) is 30.0 Å². The Balaban J connectivity index is 2.31. The van der Waals surface area contributed by atoms with Crippen molar-refractivity contribution >= 4 is 29.6 Å². The smallest absolute Gasteiger partial charge is 0.151 e. The van der Waals surface area contributed by atoms with Gasteiger partial charge >= 0.3 is 0 Å². The van der Waals surface area contributed by atoms with E-state index in [-0.39, 0.29) is 0 Å². The number of aldehydes is 1. The number of hydrogen-bond acceptors (Lipinski definition) is 3. The van der Waals surface area contributed by atoms with Gasteiger partial charge < -0.3 is 0 Å². The molecule has 0 unspecified atom stereocenters. The van der Waals surface area contributed by atoms with E-state index in [0.717, 1.165) is 16.2 Å². The Morgan fingerprint density at radius 2 is 2.12 bits per heavy atom. The fraction of sp³-hybridized carbons (Fsp3) is 0. The SMILES string of the molecule is O=Cc1cc(Cl)ccc1Sc1ccccn1. The average Bonchev–Trinajstić information content (AvgIpc) is 2.33. The molecular formula is C12H8ClNOS. The molecule has 0 aliphatic rings. The molecule has 0 aliphatic carbocycles. The molecule has 0 bridgehead atoms. The number of carbonyl (C=O) groups excluding carboxylic acids is 1. The molecule has 2 nitrogen and oxygen atoms in total. The summed E-state index contributed by atoms with van der Waals surface area (Å²) in [5.74, 6) is 0. The van der Waals surface area contributed by atoms with Crippen molar-refractivity contribution in [3.63, 3.8) is 0 Å². The van der Waals surface area contributed by atoms with Crippen LogP contribution in [0.25, 0.3) is 0 Å². The van der Waals surface area contributed by atoms with Crippen molar-refractivity contribution in [2.75, 3.05) is 0 Å². The number of carbonyl (C=O) groups is 1.